The summed E-state index contributed by atoms with van der Waals surface area (Å²) in [6.45, 7) is 0. The van der Waals surface area contributed by atoms with E-state index in [1.54, 1.807) is 54.1 Å². The van der Waals surface area contributed by atoms with Gasteiger partial charge in [-0.15, -0.1) is 23.1 Å². The predicted octanol–water partition coefficient (Wildman–Crippen LogP) is 6.44. The second-order valence-corrected chi connectivity index (χ2v) is 10.5. The van der Waals surface area contributed by atoms with E-state index in [2.05, 4.69) is 20.9 Å². The number of thiazole rings is 1. The number of amides is 3. The maximum atomic E-state index is 13.4. The molecule has 0 atom stereocenters. The van der Waals surface area contributed by atoms with Crippen LogP contribution in [0, 0.1) is 0 Å². The van der Waals surface area contributed by atoms with Crippen LogP contribution in [-0.2, 0) is 9.59 Å². The lowest BCUT2D eigenvalue weighted by Crippen LogP contribution is -2.30. The molecule has 9 heteroatoms. The third kappa shape index (κ3) is 7.02. The number of nitrogens with zero attached hydrogens (tertiary/aromatic N) is 1. The zero-order chi connectivity index (χ0) is 27.7. The fourth-order valence-corrected chi connectivity index (χ4v) is 5.14. The molecule has 198 valence electrons. The lowest BCUT2D eigenvalue weighted by molar-refractivity contribution is -0.114. The van der Waals surface area contributed by atoms with Crippen molar-refractivity contribution in [1.82, 2.24) is 10.3 Å². The van der Waals surface area contributed by atoms with Crippen molar-refractivity contribution >= 4 is 68.5 Å². The van der Waals surface area contributed by atoms with E-state index in [0.29, 0.717) is 16.4 Å². The van der Waals surface area contributed by atoms with Crippen molar-refractivity contribution in [3.63, 3.8) is 0 Å². The highest BCUT2D eigenvalue weighted by atomic mass is 32.2. The van der Waals surface area contributed by atoms with Crippen molar-refractivity contribution in [3.8, 4) is 0 Å². The van der Waals surface area contributed by atoms with Crippen molar-refractivity contribution in [1.29, 1.82) is 0 Å². The summed E-state index contributed by atoms with van der Waals surface area (Å²) in [5, 5.41) is 12.8. The number of thioether (sulfide) groups is 1. The van der Waals surface area contributed by atoms with Crippen LogP contribution in [0.2, 0.25) is 0 Å². The van der Waals surface area contributed by atoms with E-state index in [-0.39, 0.29) is 23.3 Å². The molecule has 0 saturated heterocycles. The number of hydrogen-bond donors (Lipinski definition) is 3. The fraction of sp³-hybridized carbons (Fsp3) is 0.0323. The molecule has 0 aliphatic heterocycles. The first-order chi connectivity index (χ1) is 19.5. The first-order valence-corrected chi connectivity index (χ1v) is 14.2. The minimum atomic E-state index is -0.458. The molecule has 3 N–H and O–H groups in total. The van der Waals surface area contributed by atoms with Gasteiger partial charge in [0.15, 0.2) is 5.13 Å². The SMILES string of the molecule is O=C(CSc1ccc(NC(=O)/C(=C/c2cccc3ccccc23)NC(=O)c2ccccc2)cc1)Nc1nccs1. The van der Waals surface area contributed by atoms with Gasteiger partial charge in [-0.3, -0.25) is 14.4 Å². The number of aromatic nitrogens is 1. The average molecular weight is 565 g/mol. The Morgan fingerprint density at radius 1 is 0.825 bits per heavy atom. The highest BCUT2D eigenvalue weighted by Gasteiger charge is 2.16. The number of nitrogens with one attached hydrogen (secondary N) is 3. The van der Waals surface area contributed by atoms with Crippen LogP contribution in [0.25, 0.3) is 16.8 Å². The van der Waals surface area contributed by atoms with Gasteiger partial charge in [0.25, 0.3) is 11.8 Å². The number of hydrogen-bond acceptors (Lipinski definition) is 6. The van der Waals surface area contributed by atoms with E-state index in [1.807, 2.05) is 60.7 Å². The molecule has 3 amide bonds. The molecule has 0 radical (unpaired) electrons. The number of rotatable bonds is 9. The number of anilines is 2. The van der Waals surface area contributed by atoms with E-state index in [4.69, 9.17) is 0 Å². The smallest absolute Gasteiger partial charge is 0.272 e. The number of benzene rings is 4. The average Bonchev–Trinajstić information content (AvgIpc) is 3.50. The Morgan fingerprint density at radius 3 is 2.35 bits per heavy atom. The van der Waals surface area contributed by atoms with E-state index >= 15 is 0 Å². The van der Waals surface area contributed by atoms with E-state index in [9.17, 15) is 14.4 Å². The summed E-state index contributed by atoms with van der Waals surface area (Å²) >= 11 is 2.74. The van der Waals surface area contributed by atoms with Gasteiger partial charge in [-0.25, -0.2) is 4.98 Å². The molecule has 5 aromatic rings. The Kier molecular flexibility index (Phi) is 8.65. The van der Waals surface area contributed by atoms with Crippen molar-refractivity contribution in [3.05, 3.63) is 125 Å². The van der Waals surface area contributed by atoms with Gasteiger partial charge in [0, 0.05) is 27.7 Å². The van der Waals surface area contributed by atoms with Gasteiger partial charge >= 0.3 is 0 Å². The van der Waals surface area contributed by atoms with E-state index in [1.165, 1.54) is 23.1 Å². The Bertz CT molecular complexity index is 1660. The van der Waals surface area contributed by atoms with Crippen LogP contribution in [-0.4, -0.2) is 28.5 Å². The van der Waals surface area contributed by atoms with Crippen molar-refractivity contribution in [2.45, 2.75) is 4.90 Å². The van der Waals surface area contributed by atoms with Gasteiger partial charge in [0.05, 0.1) is 5.75 Å². The molecule has 0 saturated carbocycles. The van der Waals surface area contributed by atoms with Crippen molar-refractivity contribution < 1.29 is 14.4 Å². The Balaban J connectivity index is 1.31. The quantitative estimate of drug-likeness (QED) is 0.141. The summed E-state index contributed by atoms with van der Waals surface area (Å²) in [5.74, 6) is -0.755. The summed E-state index contributed by atoms with van der Waals surface area (Å²) in [6, 6.07) is 29.6. The van der Waals surface area contributed by atoms with Gasteiger partial charge in [-0.1, -0.05) is 60.7 Å². The summed E-state index contributed by atoms with van der Waals surface area (Å²) in [5.41, 5.74) is 1.92. The summed E-state index contributed by atoms with van der Waals surface area (Å²) < 4.78 is 0. The van der Waals surface area contributed by atoms with Crippen molar-refractivity contribution in [2.24, 2.45) is 0 Å². The summed E-state index contributed by atoms with van der Waals surface area (Å²) in [6.07, 6.45) is 3.32. The molecule has 1 aromatic heterocycles. The minimum Gasteiger partial charge on any atom is -0.321 e. The van der Waals surface area contributed by atoms with Gasteiger partial charge in [-0.2, -0.15) is 0 Å². The zero-order valence-corrected chi connectivity index (χ0v) is 22.8. The van der Waals surface area contributed by atoms with Crippen molar-refractivity contribution in [2.75, 3.05) is 16.4 Å². The molecule has 0 fully saturated rings. The van der Waals surface area contributed by atoms with Crippen LogP contribution in [0.1, 0.15) is 15.9 Å². The highest BCUT2D eigenvalue weighted by Crippen LogP contribution is 2.23. The highest BCUT2D eigenvalue weighted by molar-refractivity contribution is 8.00. The lowest BCUT2D eigenvalue weighted by atomic mass is 10.0. The minimum absolute atomic E-state index is 0.113. The van der Waals surface area contributed by atoms with Crippen LogP contribution in [0.15, 0.2) is 119 Å². The molecule has 0 bridgehead atoms. The van der Waals surface area contributed by atoms with Gasteiger partial charge in [-0.05, 0) is 58.8 Å². The molecule has 7 nitrogen and oxygen atoms in total. The molecule has 0 aliphatic carbocycles. The molecule has 0 spiro atoms. The first kappa shape index (κ1) is 26.9. The van der Waals surface area contributed by atoms with E-state index < -0.39 is 5.91 Å². The van der Waals surface area contributed by atoms with Crippen LogP contribution in [0.4, 0.5) is 10.8 Å². The van der Waals surface area contributed by atoms with E-state index in [0.717, 1.165) is 21.2 Å². The molecular weight excluding hydrogens is 541 g/mol. The first-order valence-electron chi connectivity index (χ1n) is 12.3. The standard InChI is InChI=1S/C31H24N4O3S2/c36-28(35-31-32-17-18-39-31)20-40-25-15-13-24(14-16-25)33-30(38)27(34-29(37)22-8-2-1-3-9-22)19-23-11-6-10-21-7-4-5-12-26(21)23/h1-19H,20H2,(H,33,38)(H,34,37)(H,32,35,36)/b27-19-. The maximum Gasteiger partial charge on any atom is 0.272 e. The molecular formula is C31H24N4O3S2. The third-order valence-electron chi connectivity index (χ3n) is 5.81. The maximum absolute atomic E-state index is 13.4. The predicted molar refractivity (Wildman–Crippen MR) is 162 cm³/mol. The second-order valence-electron chi connectivity index (χ2n) is 8.60. The van der Waals surface area contributed by atoms with Crippen LogP contribution >= 0.6 is 23.1 Å². The number of carbonyl (C=O) groups is 3. The second kappa shape index (κ2) is 12.9. The van der Waals surface area contributed by atoms with Gasteiger partial charge < -0.3 is 16.0 Å². The molecule has 0 aliphatic rings. The largest absolute Gasteiger partial charge is 0.321 e. The molecule has 40 heavy (non-hydrogen) atoms. The van der Waals surface area contributed by atoms with Crippen LogP contribution in [0.3, 0.4) is 0 Å². The summed E-state index contributed by atoms with van der Waals surface area (Å²) in [7, 11) is 0. The molecule has 5 rings (SSSR count). The fourth-order valence-electron chi connectivity index (χ4n) is 3.90. The number of fused-ring (bicyclic) bond motifs is 1. The summed E-state index contributed by atoms with van der Waals surface area (Å²) in [4.78, 5) is 43.4. The monoisotopic (exact) mass is 564 g/mol. The van der Waals surface area contributed by atoms with Crippen LogP contribution < -0.4 is 16.0 Å². The molecule has 1 heterocycles. The van der Waals surface area contributed by atoms with Gasteiger partial charge in [0.1, 0.15) is 5.70 Å². The zero-order valence-electron chi connectivity index (χ0n) is 21.2. The number of carbonyl (C=O) groups excluding carboxylic acids is 3. The Morgan fingerprint density at radius 2 is 1.57 bits per heavy atom. The van der Waals surface area contributed by atoms with Gasteiger partial charge in [0.2, 0.25) is 5.91 Å². The Labute approximate surface area is 239 Å². The lowest BCUT2D eigenvalue weighted by Gasteiger charge is -2.12. The molecule has 4 aromatic carbocycles. The Hall–Kier alpha value is -4.73. The third-order valence-corrected chi connectivity index (χ3v) is 7.51. The van der Waals surface area contributed by atoms with Crippen LogP contribution in [0.5, 0.6) is 0 Å². The topological polar surface area (TPSA) is 100 Å². The normalized spacial score (nSPS) is 11.2. The molecule has 0 unspecified atom stereocenters.